The van der Waals surface area contributed by atoms with Gasteiger partial charge in [0.2, 0.25) is 5.91 Å². The zero-order chi connectivity index (χ0) is 10.1. The average molecular weight is 184 g/mol. The standard InChI is InChI=1S/C8H16N4O/c1-7(2)8(13)10-5-3-4-6-11-12-9/h7H,3-6H2,1-2H3,(H,10,13). The number of rotatable bonds is 6. The van der Waals surface area contributed by atoms with Gasteiger partial charge in [0.1, 0.15) is 0 Å². The first-order valence-corrected chi connectivity index (χ1v) is 4.47. The molecule has 0 unspecified atom stereocenters. The maximum absolute atomic E-state index is 11.0. The molecule has 5 heteroatoms. The van der Waals surface area contributed by atoms with Gasteiger partial charge >= 0.3 is 0 Å². The van der Waals surface area contributed by atoms with Gasteiger partial charge in [0.15, 0.2) is 0 Å². The normalized spacial score (nSPS) is 9.46. The van der Waals surface area contributed by atoms with E-state index in [1.807, 2.05) is 13.8 Å². The predicted molar refractivity (Wildman–Crippen MR) is 51.1 cm³/mol. The monoisotopic (exact) mass is 184 g/mol. The van der Waals surface area contributed by atoms with Crippen LogP contribution in [0.5, 0.6) is 0 Å². The number of carbonyl (C=O) groups excluding carboxylic acids is 1. The molecule has 0 radical (unpaired) electrons. The molecule has 1 amide bonds. The van der Waals surface area contributed by atoms with Crippen LogP contribution < -0.4 is 5.32 Å². The highest BCUT2D eigenvalue weighted by Crippen LogP contribution is 1.92. The summed E-state index contributed by atoms with van der Waals surface area (Å²) in [6.45, 7) is 4.89. The zero-order valence-corrected chi connectivity index (χ0v) is 8.16. The molecule has 0 atom stereocenters. The van der Waals surface area contributed by atoms with E-state index in [9.17, 15) is 4.79 Å². The largest absolute Gasteiger partial charge is 0.356 e. The minimum Gasteiger partial charge on any atom is -0.356 e. The van der Waals surface area contributed by atoms with Crippen LogP contribution in [0.4, 0.5) is 0 Å². The minimum atomic E-state index is 0.0390. The Labute approximate surface area is 78.1 Å². The van der Waals surface area contributed by atoms with Crippen LogP contribution in [0.2, 0.25) is 0 Å². The molecule has 0 spiro atoms. The molecule has 1 N–H and O–H groups in total. The van der Waals surface area contributed by atoms with Crippen LogP contribution in [0.3, 0.4) is 0 Å². The predicted octanol–water partition coefficient (Wildman–Crippen LogP) is 1.85. The molecule has 0 aromatic carbocycles. The third-order valence-electron chi connectivity index (χ3n) is 1.57. The Hall–Kier alpha value is -1.22. The van der Waals surface area contributed by atoms with Gasteiger partial charge < -0.3 is 5.32 Å². The Kier molecular flexibility index (Phi) is 6.73. The number of hydrogen-bond donors (Lipinski definition) is 1. The van der Waals surface area contributed by atoms with E-state index in [1.54, 1.807) is 0 Å². The lowest BCUT2D eigenvalue weighted by Crippen LogP contribution is -2.28. The van der Waals surface area contributed by atoms with Gasteiger partial charge in [-0.05, 0) is 18.4 Å². The molecule has 0 aliphatic rings. The summed E-state index contributed by atoms with van der Waals surface area (Å²) in [6.07, 6.45) is 1.68. The van der Waals surface area contributed by atoms with E-state index < -0.39 is 0 Å². The first-order chi connectivity index (χ1) is 6.18. The summed E-state index contributed by atoms with van der Waals surface area (Å²) in [5, 5.41) is 6.18. The Bertz CT molecular complexity index is 196. The van der Waals surface area contributed by atoms with Crippen molar-refractivity contribution in [1.82, 2.24) is 5.32 Å². The fraction of sp³-hybridized carbons (Fsp3) is 0.875. The average Bonchev–Trinajstić information content (AvgIpc) is 2.10. The van der Waals surface area contributed by atoms with Gasteiger partial charge in [0.25, 0.3) is 0 Å². The summed E-state index contributed by atoms with van der Waals surface area (Å²) >= 11 is 0. The second-order valence-corrected chi connectivity index (χ2v) is 3.11. The molecule has 5 nitrogen and oxygen atoms in total. The van der Waals surface area contributed by atoms with Crippen molar-refractivity contribution in [2.45, 2.75) is 26.7 Å². The number of hydrogen-bond acceptors (Lipinski definition) is 2. The van der Waals surface area contributed by atoms with Gasteiger partial charge in [0, 0.05) is 23.9 Å². The van der Waals surface area contributed by atoms with Crippen LogP contribution in [-0.4, -0.2) is 19.0 Å². The van der Waals surface area contributed by atoms with Gasteiger partial charge in [-0.3, -0.25) is 4.79 Å². The Balaban J connectivity index is 3.25. The lowest BCUT2D eigenvalue weighted by Gasteiger charge is -2.06. The summed E-state index contributed by atoms with van der Waals surface area (Å²) in [5.41, 5.74) is 7.97. The maximum atomic E-state index is 11.0. The van der Waals surface area contributed by atoms with Gasteiger partial charge in [-0.15, -0.1) is 0 Å². The quantitative estimate of drug-likeness (QED) is 0.291. The van der Waals surface area contributed by atoms with Crippen molar-refractivity contribution in [3.05, 3.63) is 10.4 Å². The topological polar surface area (TPSA) is 77.9 Å². The van der Waals surface area contributed by atoms with Crippen molar-refractivity contribution in [2.24, 2.45) is 11.0 Å². The van der Waals surface area contributed by atoms with Crippen molar-refractivity contribution in [1.29, 1.82) is 0 Å². The van der Waals surface area contributed by atoms with Crippen LogP contribution in [0.25, 0.3) is 10.4 Å². The Morgan fingerprint density at radius 1 is 1.54 bits per heavy atom. The summed E-state index contributed by atoms with van der Waals surface area (Å²) in [4.78, 5) is 13.7. The SMILES string of the molecule is CC(C)C(=O)NCCCCN=[N+]=[N-]. The number of unbranched alkanes of at least 4 members (excludes halogenated alkanes) is 1. The summed E-state index contributed by atoms with van der Waals surface area (Å²) in [6, 6.07) is 0. The third kappa shape index (κ3) is 7.15. The molecule has 0 bridgehead atoms. The highest BCUT2D eigenvalue weighted by atomic mass is 16.1. The van der Waals surface area contributed by atoms with E-state index in [2.05, 4.69) is 15.3 Å². The summed E-state index contributed by atoms with van der Waals surface area (Å²) in [5.74, 6) is 0.112. The van der Waals surface area contributed by atoms with Gasteiger partial charge in [-0.2, -0.15) is 0 Å². The fourth-order valence-corrected chi connectivity index (χ4v) is 0.768. The molecule has 0 saturated heterocycles. The molecule has 0 aliphatic carbocycles. The minimum absolute atomic E-state index is 0.0390. The van der Waals surface area contributed by atoms with E-state index in [-0.39, 0.29) is 11.8 Å². The van der Waals surface area contributed by atoms with Crippen LogP contribution in [0.1, 0.15) is 26.7 Å². The molecule has 0 aromatic heterocycles. The van der Waals surface area contributed by atoms with Crippen molar-refractivity contribution in [2.75, 3.05) is 13.1 Å². The van der Waals surface area contributed by atoms with E-state index in [1.165, 1.54) is 0 Å². The maximum Gasteiger partial charge on any atom is 0.222 e. The van der Waals surface area contributed by atoms with Crippen molar-refractivity contribution in [3.8, 4) is 0 Å². The highest BCUT2D eigenvalue weighted by Gasteiger charge is 2.03. The second-order valence-electron chi connectivity index (χ2n) is 3.11. The number of carbonyl (C=O) groups is 1. The van der Waals surface area contributed by atoms with Crippen LogP contribution >= 0.6 is 0 Å². The molecular formula is C8H16N4O. The molecule has 74 valence electrons. The molecule has 13 heavy (non-hydrogen) atoms. The van der Waals surface area contributed by atoms with Crippen LogP contribution in [0, 0.1) is 5.92 Å². The zero-order valence-electron chi connectivity index (χ0n) is 8.16. The Morgan fingerprint density at radius 3 is 2.77 bits per heavy atom. The fourth-order valence-electron chi connectivity index (χ4n) is 0.768. The number of amides is 1. The van der Waals surface area contributed by atoms with Crippen molar-refractivity contribution < 1.29 is 4.79 Å². The number of nitrogens with one attached hydrogen (secondary N) is 1. The van der Waals surface area contributed by atoms with Crippen LogP contribution in [-0.2, 0) is 4.79 Å². The molecule has 0 aliphatic heterocycles. The smallest absolute Gasteiger partial charge is 0.222 e. The van der Waals surface area contributed by atoms with Gasteiger partial charge in [-0.1, -0.05) is 19.0 Å². The van der Waals surface area contributed by atoms with Gasteiger partial charge in [0.05, 0.1) is 0 Å². The molecule has 0 rings (SSSR count). The third-order valence-corrected chi connectivity index (χ3v) is 1.57. The van der Waals surface area contributed by atoms with Gasteiger partial charge in [-0.25, -0.2) is 0 Å². The summed E-state index contributed by atoms with van der Waals surface area (Å²) in [7, 11) is 0. The van der Waals surface area contributed by atoms with Crippen molar-refractivity contribution >= 4 is 5.91 Å². The van der Waals surface area contributed by atoms with Crippen LogP contribution in [0.15, 0.2) is 5.11 Å². The first-order valence-electron chi connectivity index (χ1n) is 4.47. The molecule has 0 heterocycles. The lowest BCUT2D eigenvalue weighted by molar-refractivity contribution is -0.123. The lowest BCUT2D eigenvalue weighted by atomic mass is 10.2. The van der Waals surface area contributed by atoms with E-state index in [0.717, 1.165) is 12.8 Å². The summed E-state index contributed by atoms with van der Waals surface area (Å²) < 4.78 is 0. The molecule has 0 saturated carbocycles. The second kappa shape index (κ2) is 7.43. The molecule has 0 aromatic rings. The van der Waals surface area contributed by atoms with E-state index in [4.69, 9.17) is 5.53 Å². The van der Waals surface area contributed by atoms with Crippen molar-refractivity contribution in [3.63, 3.8) is 0 Å². The molecule has 0 fully saturated rings. The molecular weight excluding hydrogens is 168 g/mol. The number of azide groups is 1. The number of nitrogens with zero attached hydrogens (tertiary/aromatic N) is 3. The van der Waals surface area contributed by atoms with E-state index in [0.29, 0.717) is 13.1 Å². The van der Waals surface area contributed by atoms with E-state index >= 15 is 0 Å². The highest BCUT2D eigenvalue weighted by molar-refractivity contribution is 5.77. The first kappa shape index (κ1) is 11.8. The Morgan fingerprint density at radius 2 is 2.23 bits per heavy atom.